The zero-order chi connectivity index (χ0) is 9.14. The van der Waals surface area contributed by atoms with Gasteiger partial charge in [-0.05, 0) is 0 Å². The minimum Gasteiger partial charge on any atom is -0.497 e. The normalized spacial score (nSPS) is 9.17. The van der Waals surface area contributed by atoms with Crippen LogP contribution in [0, 0.1) is 24.0 Å². The van der Waals surface area contributed by atoms with Crippen LogP contribution in [0.2, 0.25) is 0 Å². The van der Waals surface area contributed by atoms with Crippen molar-refractivity contribution in [2.24, 2.45) is 0 Å². The summed E-state index contributed by atoms with van der Waals surface area (Å²) in [6.07, 6.45) is 4.87. The fourth-order valence-electron chi connectivity index (χ4n) is 0.806. The van der Waals surface area contributed by atoms with Crippen LogP contribution in [0.25, 0.3) is 0 Å². The zero-order valence-corrected chi connectivity index (χ0v) is 6.40. The van der Waals surface area contributed by atoms with E-state index in [0.29, 0.717) is 0 Å². The Labute approximate surface area is 69.0 Å². The van der Waals surface area contributed by atoms with Gasteiger partial charge in [-0.3, -0.25) is 0 Å². The molecule has 0 amide bonds. The molecule has 0 bridgehead atoms. The lowest BCUT2D eigenvalue weighted by Gasteiger charge is -2.01. The van der Waals surface area contributed by atoms with Crippen LogP contribution in [0.3, 0.4) is 0 Å². The standard InChI is InChI=1S/C9H6F2O/c1-3-7-8(10)4-6(12-2)5-9(7)11/h1,4-5H,2H3. The highest BCUT2D eigenvalue weighted by Gasteiger charge is 2.08. The number of terminal acetylenes is 1. The lowest BCUT2D eigenvalue weighted by atomic mass is 10.2. The van der Waals surface area contributed by atoms with E-state index in [1.807, 2.05) is 5.92 Å². The molecule has 0 fully saturated rings. The van der Waals surface area contributed by atoms with Crippen molar-refractivity contribution < 1.29 is 13.5 Å². The molecule has 0 aliphatic heterocycles. The molecule has 0 spiro atoms. The van der Waals surface area contributed by atoms with E-state index in [0.717, 1.165) is 12.1 Å². The molecule has 62 valence electrons. The number of hydrogen-bond donors (Lipinski definition) is 0. The molecule has 0 N–H and O–H groups in total. The zero-order valence-electron chi connectivity index (χ0n) is 6.40. The lowest BCUT2D eigenvalue weighted by Crippen LogP contribution is -1.92. The molecule has 0 radical (unpaired) electrons. The van der Waals surface area contributed by atoms with Crippen LogP contribution in [0.5, 0.6) is 5.75 Å². The summed E-state index contributed by atoms with van der Waals surface area (Å²) < 4.78 is 30.3. The molecule has 1 aromatic carbocycles. The van der Waals surface area contributed by atoms with Gasteiger partial charge in [0, 0.05) is 12.1 Å². The van der Waals surface area contributed by atoms with Gasteiger partial charge >= 0.3 is 0 Å². The molecular weight excluding hydrogens is 162 g/mol. The van der Waals surface area contributed by atoms with Crippen molar-refractivity contribution in [3.8, 4) is 18.1 Å². The van der Waals surface area contributed by atoms with Crippen molar-refractivity contribution in [2.45, 2.75) is 0 Å². The van der Waals surface area contributed by atoms with Crippen molar-refractivity contribution in [1.82, 2.24) is 0 Å². The lowest BCUT2D eigenvalue weighted by molar-refractivity contribution is 0.406. The molecule has 1 nitrogen and oxygen atoms in total. The van der Waals surface area contributed by atoms with Gasteiger partial charge in [0.15, 0.2) is 0 Å². The minimum absolute atomic E-state index is 0.115. The monoisotopic (exact) mass is 168 g/mol. The van der Waals surface area contributed by atoms with Crippen molar-refractivity contribution in [1.29, 1.82) is 0 Å². The van der Waals surface area contributed by atoms with E-state index < -0.39 is 11.6 Å². The third kappa shape index (κ3) is 1.37. The van der Waals surface area contributed by atoms with Crippen molar-refractivity contribution in [3.63, 3.8) is 0 Å². The van der Waals surface area contributed by atoms with Crippen LogP contribution in [0.4, 0.5) is 8.78 Å². The summed E-state index contributed by atoms with van der Waals surface area (Å²) in [5, 5.41) is 0. The summed E-state index contributed by atoms with van der Waals surface area (Å²) in [5.74, 6) is 0.458. The predicted molar refractivity (Wildman–Crippen MR) is 40.8 cm³/mol. The topological polar surface area (TPSA) is 9.23 Å². The summed E-state index contributed by atoms with van der Waals surface area (Å²) in [6, 6.07) is 2.08. The summed E-state index contributed by atoms with van der Waals surface area (Å²) >= 11 is 0. The molecule has 0 saturated heterocycles. The quantitative estimate of drug-likeness (QED) is 0.582. The molecule has 0 aliphatic carbocycles. The first-order valence-electron chi connectivity index (χ1n) is 3.18. The van der Waals surface area contributed by atoms with Gasteiger partial charge in [-0.1, -0.05) is 5.92 Å². The highest BCUT2D eigenvalue weighted by Crippen LogP contribution is 2.19. The Hall–Kier alpha value is -1.56. The maximum atomic E-state index is 12.8. The Bertz CT molecular complexity index is 316. The summed E-state index contributed by atoms with van der Waals surface area (Å²) in [7, 11) is 1.32. The largest absolute Gasteiger partial charge is 0.497 e. The predicted octanol–water partition coefficient (Wildman–Crippen LogP) is 1.95. The van der Waals surface area contributed by atoms with Crippen LogP contribution in [-0.4, -0.2) is 7.11 Å². The van der Waals surface area contributed by atoms with Gasteiger partial charge in [0.25, 0.3) is 0 Å². The molecule has 3 heteroatoms. The van der Waals surface area contributed by atoms with Gasteiger partial charge in [-0.2, -0.15) is 0 Å². The average molecular weight is 168 g/mol. The van der Waals surface area contributed by atoms with E-state index in [1.54, 1.807) is 0 Å². The van der Waals surface area contributed by atoms with Gasteiger partial charge in [-0.25, -0.2) is 8.78 Å². The van der Waals surface area contributed by atoms with Crippen LogP contribution < -0.4 is 4.74 Å². The van der Waals surface area contributed by atoms with Crippen molar-refractivity contribution in [2.75, 3.05) is 7.11 Å². The summed E-state index contributed by atoms with van der Waals surface area (Å²) in [5.41, 5.74) is -0.365. The molecule has 0 atom stereocenters. The third-order valence-electron chi connectivity index (χ3n) is 1.40. The number of halogens is 2. The number of methoxy groups -OCH3 is 1. The molecule has 0 heterocycles. The Morgan fingerprint density at radius 2 is 1.83 bits per heavy atom. The van der Waals surface area contributed by atoms with E-state index in [9.17, 15) is 8.78 Å². The number of ether oxygens (including phenoxy) is 1. The number of rotatable bonds is 1. The van der Waals surface area contributed by atoms with Gasteiger partial charge in [0.1, 0.15) is 17.4 Å². The van der Waals surface area contributed by atoms with Crippen LogP contribution >= 0.6 is 0 Å². The van der Waals surface area contributed by atoms with Gasteiger partial charge in [0.2, 0.25) is 0 Å². The fourth-order valence-corrected chi connectivity index (χ4v) is 0.806. The fraction of sp³-hybridized carbons (Fsp3) is 0.111. The second-order valence-corrected chi connectivity index (χ2v) is 2.11. The first-order chi connectivity index (χ1) is 5.69. The maximum Gasteiger partial charge on any atom is 0.145 e. The van der Waals surface area contributed by atoms with Gasteiger partial charge in [-0.15, -0.1) is 6.42 Å². The van der Waals surface area contributed by atoms with E-state index in [4.69, 9.17) is 6.42 Å². The Morgan fingerprint density at radius 1 is 1.33 bits per heavy atom. The Balaban J connectivity index is 3.30. The SMILES string of the molecule is C#Cc1c(F)cc(OC)cc1F. The van der Waals surface area contributed by atoms with E-state index >= 15 is 0 Å². The van der Waals surface area contributed by atoms with Crippen LogP contribution in [-0.2, 0) is 0 Å². The molecule has 0 aromatic heterocycles. The molecule has 0 saturated carbocycles. The minimum atomic E-state index is -0.783. The van der Waals surface area contributed by atoms with Crippen molar-refractivity contribution >= 4 is 0 Å². The molecule has 12 heavy (non-hydrogen) atoms. The maximum absolute atomic E-state index is 12.8. The second kappa shape index (κ2) is 3.22. The van der Waals surface area contributed by atoms with E-state index in [1.165, 1.54) is 7.11 Å². The second-order valence-electron chi connectivity index (χ2n) is 2.11. The smallest absolute Gasteiger partial charge is 0.145 e. The molecular formula is C9H6F2O. The van der Waals surface area contributed by atoms with Gasteiger partial charge in [0.05, 0.1) is 12.7 Å². The van der Waals surface area contributed by atoms with E-state index in [2.05, 4.69) is 4.74 Å². The number of benzene rings is 1. The van der Waals surface area contributed by atoms with Crippen molar-refractivity contribution in [3.05, 3.63) is 29.3 Å². The highest BCUT2D eigenvalue weighted by atomic mass is 19.1. The van der Waals surface area contributed by atoms with Crippen LogP contribution in [0.1, 0.15) is 5.56 Å². The number of hydrogen-bond acceptors (Lipinski definition) is 1. The van der Waals surface area contributed by atoms with E-state index in [-0.39, 0.29) is 11.3 Å². The summed E-state index contributed by atoms with van der Waals surface area (Å²) in [6.45, 7) is 0. The average Bonchev–Trinajstić information content (AvgIpc) is 2.03. The highest BCUT2D eigenvalue weighted by molar-refractivity contribution is 5.39. The molecule has 0 unspecified atom stereocenters. The summed E-state index contributed by atoms with van der Waals surface area (Å²) in [4.78, 5) is 0. The molecule has 1 rings (SSSR count). The van der Waals surface area contributed by atoms with Crippen LogP contribution in [0.15, 0.2) is 12.1 Å². The Morgan fingerprint density at radius 3 is 2.17 bits per heavy atom. The Kier molecular flexibility index (Phi) is 2.29. The molecule has 1 aromatic rings. The third-order valence-corrected chi connectivity index (χ3v) is 1.40. The first kappa shape index (κ1) is 8.54. The van der Waals surface area contributed by atoms with Gasteiger partial charge < -0.3 is 4.74 Å². The molecule has 0 aliphatic rings. The first-order valence-corrected chi connectivity index (χ1v) is 3.18.